The summed E-state index contributed by atoms with van der Waals surface area (Å²) in [6.45, 7) is -3.99. The van der Waals surface area contributed by atoms with Crippen LogP contribution in [0.15, 0.2) is 293 Å². The minimum atomic E-state index is -5.27. The highest BCUT2D eigenvalue weighted by atomic mass is 32.2. The second kappa shape index (κ2) is 41.9. The predicted octanol–water partition coefficient (Wildman–Crippen LogP) is 10.4. The monoisotopic (exact) mass is 2140 g/mol. The molecule has 2 unspecified atom stereocenters. The van der Waals surface area contributed by atoms with E-state index in [1.54, 1.807) is 0 Å². The number of nitrogens with zero attached hydrogens (tertiary/aromatic N) is 16. The number of phenolic OH excluding ortho intramolecular Hbond substituents is 2. The summed E-state index contributed by atoms with van der Waals surface area (Å²) in [6, 6.07) is 27.7. The Hall–Kier alpha value is -15.6. The van der Waals surface area contributed by atoms with E-state index in [0.717, 1.165) is 158 Å². The zero-order valence-electron chi connectivity index (χ0n) is 71.5. The molecule has 14 rings (SSSR count). The van der Waals surface area contributed by atoms with Crippen molar-refractivity contribution < 1.29 is 183 Å². The molecule has 0 bridgehead atoms. The van der Waals surface area contributed by atoms with Crippen molar-refractivity contribution in [2.45, 2.75) is 51.2 Å². The summed E-state index contributed by atoms with van der Waals surface area (Å²) in [6.07, 6.45) is 0. The third kappa shape index (κ3) is 23.7. The van der Waals surface area contributed by atoms with Gasteiger partial charge >= 0.3 is 11.9 Å². The molecule has 0 aromatic heterocycles. The highest BCUT2D eigenvalue weighted by Gasteiger charge is 2.43. The minimum Gasteiger partial charge on any atom is -0.505 e. The summed E-state index contributed by atoms with van der Waals surface area (Å²) < 4.78 is 296. The van der Waals surface area contributed by atoms with Crippen LogP contribution in [-0.4, -0.2) is 245 Å². The van der Waals surface area contributed by atoms with Gasteiger partial charge in [0.15, 0.2) is 22.9 Å². The van der Waals surface area contributed by atoms with Gasteiger partial charge in [-0.15, -0.1) is 35.8 Å². The maximum Gasteiger partial charge on any atom is 0.355 e. The molecule has 752 valence electrons. The molecule has 12 aromatic carbocycles. The predicted molar refractivity (Wildman–Crippen MR) is 492 cm³/mol. The smallest absolute Gasteiger partial charge is 0.355 e. The number of aromatic hydroxyl groups is 2. The van der Waals surface area contributed by atoms with E-state index in [-0.39, 0.29) is 117 Å². The first-order valence-electron chi connectivity index (χ1n) is 39.4. The van der Waals surface area contributed by atoms with Gasteiger partial charge in [0.2, 0.25) is 12.1 Å². The number of anilines is 2. The van der Waals surface area contributed by atoms with Gasteiger partial charge in [-0.05, 0) is 138 Å². The molecule has 2 atom stereocenters. The SMILES string of the molecule is O=C(O)C1=NN(c2ccc(S(=O)(=O)O)cc2)C(=O)C1N=Nc1ccc2c(O)c(N=Nc3cc(OCCO)c(N=Nc4cc(S(=O)(=O)O)c5cccc(S(=O)(=O)O)c5c4)cc3OCCO)c(S(=O)(=O)O)cc2c1.O=C(O)C1=NN(c2ccc(S(=O)(=O)O)cc2)C(=O)C1N=Nc1ccc2c(O)c(N=Nc3cc(OCCO)c(N=Nc4ccc5c(S(=O)(=O)O)cccc5c4S(=O)(=O)O)cc3OCCO)c(S(=O)(=O)O)cc2c1. The summed E-state index contributed by atoms with van der Waals surface area (Å²) in [5.74, 6) is -8.34. The molecule has 56 nitrogen and oxygen atoms in total. The number of carboxylic acids is 2. The lowest BCUT2D eigenvalue weighted by atomic mass is 10.1. The Balaban J connectivity index is 0.000000241. The number of hydrazone groups is 2. The molecule has 2 heterocycles. The van der Waals surface area contributed by atoms with Crippen molar-refractivity contribution in [3.63, 3.8) is 0 Å². The van der Waals surface area contributed by atoms with Crippen LogP contribution < -0.4 is 29.0 Å². The maximum atomic E-state index is 13.3. The number of rotatable bonds is 36. The quantitative estimate of drug-likeness (QED) is 0.0128. The Kier molecular flexibility index (Phi) is 30.8. The number of azo groups is 6. The molecule has 0 radical (unpaired) electrons. The van der Waals surface area contributed by atoms with E-state index in [1.807, 2.05) is 0 Å². The number of amides is 2. The zero-order valence-corrected chi connectivity index (χ0v) is 78.0. The molecule has 16 N–H and O–H groups in total. The fraction of sp³-hybridized carbons (Fsp3) is 0.125. The van der Waals surface area contributed by atoms with E-state index in [9.17, 15) is 164 Å². The molecule has 2 aliphatic rings. The standard InChI is InChI=1S/2C40H32N8O20S4/c49-10-12-67-30-19-29(31(68-13-11-50)18-28(30)43-42-22-16-27-26(33(17-22)71(61,62)63)2-1-3-32(27)70(58,59)60)44-45-35-34(72(64,65)66)15-20-14-21(4-9-25(20)38(35)51)41-46-36-37(40(53)54)47-48(39(36)52)23-5-7-24(8-6-23)69(55,56)57;49-12-14-67-30-19-29(31(68-15-13-50)18-28(30)43-42-27-11-10-25-26(38(27)72(64,65)66)2-1-3-32(25)70(58,59)60)44-45-34-33(71(61,62)63)17-20-16-21(4-9-24(20)37(34)51)41-46-35-36(40(53)54)47-48(39(35)52)22-5-7-23(8-6-22)69(55,56)57/h1-9,14-19,36,49-51H,10-13H2,(H,53,54)(H,55,56,57)(H,58,59,60)(H,61,62,63)(H,64,65,66);1-11,16-19,35,49-51H,12-15H2,(H,53,54)(H,55,56,57)(H,58,59,60)(H,61,62,63)(H,64,65,66). The number of carboxylic acid groups (broad SMARTS) is 2. The summed E-state index contributed by atoms with van der Waals surface area (Å²) >= 11 is 0. The third-order valence-electron chi connectivity index (χ3n) is 19.7. The first-order chi connectivity index (χ1) is 67.6. The van der Waals surface area contributed by atoms with Crippen molar-refractivity contribution in [2.75, 3.05) is 62.9 Å². The van der Waals surface area contributed by atoms with Crippen LogP contribution in [0.4, 0.5) is 68.2 Å². The first-order valence-corrected chi connectivity index (χ1v) is 51.0. The molecule has 0 saturated carbocycles. The highest BCUT2D eigenvalue weighted by molar-refractivity contribution is 7.88. The fourth-order valence-electron chi connectivity index (χ4n) is 13.5. The summed E-state index contributed by atoms with van der Waals surface area (Å²) in [5, 5.41) is 134. The number of phenols is 2. The lowest BCUT2D eigenvalue weighted by molar-refractivity contribution is -0.130. The van der Waals surface area contributed by atoms with Crippen LogP contribution in [0.25, 0.3) is 43.1 Å². The van der Waals surface area contributed by atoms with Crippen LogP contribution in [0.5, 0.6) is 34.5 Å². The van der Waals surface area contributed by atoms with Crippen molar-refractivity contribution in [3.05, 3.63) is 182 Å². The fourth-order valence-corrected chi connectivity index (χ4v) is 18.7. The van der Waals surface area contributed by atoms with Gasteiger partial charge in [-0.2, -0.15) is 113 Å². The minimum absolute atomic E-state index is 0.0967. The molecule has 0 aliphatic carbocycles. The average molecular weight is 2150 g/mol. The van der Waals surface area contributed by atoms with Gasteiger partial charge in [-0.25, -0.2) is 9.59 Å². The van der Waals surface area contributed by atoms with Gasteiger partial charge < -0.3 is 59.8 Å². The van der Waals surface area contributed by atoms with Crippen LogP contribution in [0, 0.1) is 0 Å². The number of aliphatic hydroxyl groups is 4. The normalized spacial score (nSPS) is 14.9. The first kappa shape index (κ1) is 106. The topological polar surface area (TPSA) is 882 Å². The summed E-state index contributed by atoms with van der Waals surface area (Å²) in [4.78, 5) is 44.4. The molecule has 12 aromatic rings. The number of hydrogen-bond donors (Lipinski definition) is 16. The van der Waals surface area contributed by atoms with Crippen molar-refractivity contribution in [2.24, 2.45) is 71.6 Å². The number of ether oxygens (including phenoxy) is 4. The second-order valence-electron chi connectivity index (χ2n) is 29.1. The Bertz CT molecular complexity index is 8620. The maximum absolute atomic E-state index is 13.3. The second-order valence-corrected chi connectivity index (χ2v) is 40.2. The van der Waals surface area contributed by atoms with Crippen LogP contribution in [0.3, 0.4) is 0 Å². The summed E-state index contributed by atoms with van der Waals surface area (Å²) in [7, 11) is -39.8. The van der Waals surface area contributed by atoms with Gasteiger partial charge in [-0.3, -0.25) is 46.0 Å². The molecule has 144 heavy (non-hydrogen) atoms. The van der Waals surface area contributed by atoms with Crippen LogP contribution in [0.1, 0.15) is 0 Å². The van der Waals surface area contributed by atoms with E-state index < -0.39 is 249 Å². The van der Waals surface area contributed by atoms with Crippen molar-refractivity contribution in [1.82, 2.24) is 0 Å². The lowest BCUT2D eigenvalue weighted by Crippen LogP contribution is -2.33. The van der Waals surface area contributed by atoms with E-state index in [2.05, 4.69) is 71.6 Å². The van der Waals surface area contributed by atoms with E-state index >= 15 is 0 Å². The molecule has 2 amide bonds. The van der Waals surface area contributed by atoms with Crippen LogP contribution in [0.2, 0.25) is 0 Å². The molecular formula is C80H64N16O40S8. The highest BCUT2D eigenvalue weighted by Crippen LogP contribution is 2.50. The van der Waals surface area contributed by atoms with Crippen molar-refractivity contribution in [1.29, 1.82) is 0 Å². The largest absolute Gasteiger partial charge is 0.505 e. The van der Waals surface area contributed by atoms with Crippen LogP contribution >= 0.6 is 0 Å². The number of fused-ring (bicyclic) bond motifs is 4. The van der Waals surface area contributed by atoms with Crippen LogP contribution in [-0.2, 0) is 100 Å². The Morgan fingerprint density at radius 2 is 0.646 bits per heavy atom. The Morgan fingerprint density at radius 3 is 0.993 bits per heavy atom. The molecular weight excluding hydrogens is 2080 g/mol. The van der Waals surface area contributed by atoms with Crippen molar-refractivity contribution >= 4 is 227 Å². The van der Waals surface area contributed by atoms with Crippen molar-refractivity contribution in [3.8, 4) is 34.5 Å². The molecule has 64 heteroatoms. The van der Waals surface area contributed by atoms with E-state index in [4.69, 9.17) is 18.9 Å². The molecule has 0 saturated heterocycles. The molecule has 0 spiro atoms. The van der Waals surface area contributed by atoms with Gasteiger partial charge in [0, 0.05) is 56.6 Å². The third-order valence-corrected chi connectivity index (χ3v) is 26.8. The number of carbonyl (C=O) groups is 4. The molecule has 2 aliphatic heterocycles. The van der Waals surface area contributed by atoms with Gasteiger partial charge in [0.1, 0.15) is 119 Å². The van der Waals surface area contributed by atoms with E-state index in [0.29, 0.717) is 10.0 Å². The lowest BCUT2D eigenvalue weighted by Gasteiger charge is -2.13. The Morgan fingerprint density at radius 1 is 0.312 bits per heavy atom. The molecule has 0 fully saturated rings. The number of carbonyl (C=O) groups excluding carboxylic acids is 2. The van der Waals surface area contributed by atoms with Gasteiger partial charge in [0.05, 0.1) is 64.7 Å². The number of benzene rings is 12. The number of aliphatic hydroxyl groups excluding tert-OH is 4. The number of aliphatic carboxylic acids is 2. The van der Waals surface area contributed by atoms with E-state index in [1.165, 1.54) is 24.3 Å². The Labute approximate surface area is 807 Å². The van der Waals surface area contributed by atoms with Gasteiger partial charge in [-0.1, -0.05) is 30.3 Å². The zero-order chi connectivity index (χ0) is 105. The summed E-state index contributed by atoms with van der Waals surface area (Å²) in [5.41, 5.74) is -5.92. The number of hydrogen-bond acceptors (Lipinski definition) is 44. The average Bonchev–Trinajstić information content (AvgIpc) is 1.05. The van der Waals surface area contributed by atoms with Gasteiger partial charge in [0.25, 0.3) is 92.8 Å².